The SMILES string of the molecule is Cc1cc(N2CCCC(Oc3ccc(F)cc3)C2)nc(C#N)n1. The zero-order valence-electron chi connectivity index (χ0n) is 12.9. The van der Waals surface area contributed by atoms with Gasteiger partial charge in [-0.25, -0.2) is 14.4 Å². The zero-order valence-corrected chi connectivity index (χ0v) is 12.9. The van der Waals surface area contributed by atoms with Crippen LogP contribution in [0.3, 0.4) is 0 Å². The number of hydrogen-bond donors (Lipinski definition) is 0. The summed E-state index contributed by atoms with van der Waals surface area (Å²) in [7, 11) is 0. The van der Waals surface area contributed by atoms with Gasteiger partial charge in [-0.1, -0.05) is 0 Å². The van der Waals surface area contributed by atoms with Gasteiger partial charge in [0.2, 0.25) is 5.82 Å². The molecule has 6 heteroatoms. The maximum Gasteiger partial charge on any atom is 0.234 e. The normalized spacial score (nSPS) is 17.6. The number of nitrogens with zero attached hydrogens (tertiary/aromatic N) is 4. The predicted molar refractivity (Wildman–Crippen MR) is 83.7 cm³/mol. The second-order valence-corrected chi connectivity index (χ2v) is 5.58. The van der Waals surface area contributed by atoms with Crippen LogP contribution in [0.15, 0.2) is 30.3 Å². The number of rotatable bonds is 3. The topological polar surface area (TPSA) is 62.0 Å². The van der Waals surface area contributed by atoms with E-state index in [1.54, 1.807) is 12.1 Å². The molecule has 1 aromatic carbocycles. The van der Waals surface area contributed by atoms with Crippen LogP contribution in [-0.4, -0.2) is 29.2 Å². The Hall–Kier alpha value is -2.68. The molecular weight excluding hydrogens is 295 g/mol. The second-order valence-electron chi connectivity index (χ2n) is 5.58. The van der Waals surface area contributed by atoms with Crippen LogP contribution in [0.4, 0.5) is 10.2 Å². The Bertz CT molecular complexity index is 726. The number of hydrogen-bond acceptors (Lipinski definition) is 5. The van der Waals surface area contributed by atoms with Crippen molar-refractivity contribution in [1.29, 1.82) is 5.26 Å². The Labute approximate surface area is 134 Å². The smallest absolute Gasteiger partial charge is 0.234 e. The van der Waals surface area contributed by atoms with E-state index in [4.69, 9.17) is 10.00 Å². The number of aromatic nitrogens is 2. The number of nitriles is 1. The fourth-order valence-corrected chi connectivity index (χ4v) is 2.71. The average molecular weight is 312 g/mol. The number of benzene rings is 1. The van der Waals surface area contributed by atoms with Crippen LogP contribution in [0.2, 0.25) is 0 Å². The van der Waals surface area contributed by atoms with Gasteiger partial charge in [0.1, 0.15) is 29.6 Å². The molecule has 1 atom stereocenters. The minimum absolute atomic E-state index is 0.00928. The van der Waals surface area contributed by atoms with Crippen molar-refractivity contribution >= 4 is 5.82 Å². The summed E-state index contributed by atoms with van der Waals surface area (Å²) in [5, 5.41) is 9.01. The van der Waals surface area contributed by atoms with Crippen LogP contribution in [0, 0.1) is 24.1 Å². The third-order valence-corrected chi connectivity index (χ3v) is 3.76. The van der Waals surface area contributed by atoms with Gasteiger partial charge < -0.3 is 9.64 Å². The van der Waals surface area contributed by atoms with Crippen molar-refractivity contribution in [3.8, 4) is 11.8 Å². The van der Waals surface area contributed by atoms with E-state index in [0.717, 1.165) is 30.9 Å². The minimum atomic E-state index is -0.275. The lowest BCUT2D eigenvalue weighted by Crippen LogP contribution is -2.41. The third-order valence-electron chi connectivity index (χ3n) is 3.76. The van der Waals surface area contributed by atoms with Crippen LogP contribution >= 0.6 is 0 Å². The molecule has 0 radical (unpaired) electrons. The van der Waals surface area contributed by atoms with Crippen LogP contribution in [-0.2, 0) is 0 Å². The molecule has 0 amide bonds. The van der Waals surface area contributed by atoms with Crippen molar-refractivity contribution in [3.05, 3.63) is 47.7 Å². The van der Waals surface area contributed by atoms with Gasteiger partial charge in [0, 0.05) is 18.3 Å². The first-order valence-electron chi connectivity index (χ1n) is 7.57. The Balaban J connectivity index is 1.72. The van der Waals surface area contributed by atoms with Crippen molar-refractivity contribution in [2.45, 2.75) is 25.9 Å². The van der Waals surface area contributed by atoms with Gasteiger partial charge in [0.15, 0.2) is 0 Å². The first-order valence-corrected chi connectivity index (χ1v) is 7.57. The molecule has 1 aliphatic rings. The molecule has 1 aliphatic heterocycles. The van der Waals surface area contributed by atoms with E-state index in [9.17, 15) is 4.39 Å². The summed E-state index contributed by atoms with van der Waals surface area (Å²) >= 11 is 0. The first-order chi connectivity index (χ1) is 11.1. The summed E-state index contributed by atoms with van der Waals surface area (Å²) in [5.74, 6) is 1.32. The number of ether oxygens (including phenoxy) is 1. The van der Waals surface area contributed by atoms with Crippen molar-refractivity contribution in [2.75, 3.05) is 18.0 Å². The average Bonchev–Trinajstić information content (AvgIpc) is 2.56. The molecule has 0 saturated carbocycles. The Morgan fingerprint density at radius 2 is 2.09 bits per heavy atom. The summed E-state index contributed by atoms with van der Waals surface area (Å²) in [4.78, 5) is 10.5. The fraction of sp³-hybridized carbons (Fsp3) is 0.353. The molecule has 0 spiro atoms. The molecule has 2 heterocycles. The minimum Gasteiger partial charge on any atom is -0.489 e. The highest BCUT2D eigenvalue weighted by molar-refractivity contribution is 5.42. The molecule has 0 bridgehead atoms. The molecule has 5 nitrogen and oxygen atoms in total. The van der Waals surface area contributed by atoms with E-state index in [1.165, 1.54) is 12.1 Å². The maximum absolute atomic E-state index is 13.0. The number of halogens is 1. The van der Waals surface area contributed by atoms with Gasteiger partial charge in [0.25, 0.3) is 0 Å². The highest BCUT2D eigenvalue weighted by atomic mass is 19.1. The highest BCUT2D eigenvalue weighted by Crippen LogP contribution is 2.22. The standard InChI is InChI=1S/C17H17FN4O/c1-12-9-17(21-16(10-19)20-12)22-8-2-3-15(11-22)23-14-6-4-13(18)5-7-14/h4-7,9,15H,2-3,8,11H2,1H3. The molecule has 1 aromatic heterocycles. The molecule has 0 N–H and O–H groups in total. The number of anilines is 1. The lowest BCUT2D eigenvalue weighted by molar-refractivity contribution is 0.179. The van der Waals surface area contributed by atoms with E-state index in [-0.39, 0.29) is 17.7 Å². The van der Waals surface area contributed by atoms with Crippen LogP contribution < -0.4 is 9.64 Å². The monoisotopic (exact) mass is 312 g/mol. The van der Waals surface area contributed by atoms with Gasteiger partial charge in [-0.15, -0.1) is 0 Å². The van der Waals surface area contributed by atoms with Crippen LogP contribution in [0.25, 0.3) is 0 Å². The summed E-state index contributed by atoms with van der Waals surface area (Å²) < 4.78 is 18.9. The largest absolute Gasteiger partial charge is 0.489 e. The Morgan fingerprint density at radius 3 is 2.83 bits per heavy atom. The molecule has 3 rings (SSSR count). The first kappa shape index (κ1) is 15.2. The van der Waals surface area contributed by atoms with Gasteiger partial charge in [-0.2, -0.15) is 5.26 Å². The second kappa shape index (κ2) is 6.61. The van der Waals surface area contributed by atoms with E-state index >= 15 is 0 Å². The molecule has 0 aliphatic carbocycles. The molecule has 2 aromatic rings. The van der Waals surface area contributed by atoms with Crippen LogP contribution in [0.5, 0.6) is 5.75 Å². The predicted octanol–water partition coefficient (Wildman–Crippen LogP) is 2.84. The highest BCUT2D eigenvalue weighted by Gasteiger charge is 2.23. The third kappa shape index (κ3) is 3.75. The Morgan fingerprint density at radius 1 is 1.30 bits per heavy atom. The molecule has 118 valence electrons. The van der Waals surface area contributed by atoms with E-state index in [1.807, 2.05) is 19.1 Å². The summed E-state index contributed by atoms with van der Waals surface area (Å²) in [5.41, 5.74) is 0.771. The van der Waals surface area contributed by atoms with Crippen molar-refractivity contribution in [2.24, 2.45) is 0 Å². The van der Waals surface area contributed by atoms with Crippen LogP contribution in [0.1, 0.15) is 24.4 Å². The lowest BCUT2D eigenvalue weighted by atomic mass is 10.1. The van der Waals surface area contributed by atoms with E-state index in [0.29, 0.717) is 12.3 Å². The van der Waals surface area contributed by atoms with Crippen molar-refractivity contribution in [1.82, 2.24) is 9.97 Å². The molecule has 1 saturated heterocycles. The van der Waals surface area contributed by atoms with Gasteiger partial charge in [-0.3, -0.25) is 0 Å². The summed E-state index contributed by atoms with van der Waals surface area (Å²) in [6, 6.07) is 9.92. The number of aryl methyl sites for hydroxylation is 1. The molecule has 1 unspecified atom stereocenters. The maximum atomic E-state index is 13.0. The summed E-state index contributed by atoms with van der Waals surface area (Å²) in [6.45, 7) is 3.39. The lowest BCUT2D eigenvalue weighted by Gasteiger charge is -2.33. The summed E-state index contributed by atoms with van der Waals surface area (Å²) in [6.07, 6.45) is 1.91. The van der Waals surface area contributed by atoms with E-state index in [2.05, 4.69) is 14.9 Å². The van der Waals surface area contributed by atoms with Gasteiger partial charge in [-0.05, 0) is 44.0 Å². The van der Waals surface area contributed by atoms with Gasteiger partial charge in [0.05, 0.1) is 6.54 Å². The van der Waals surface area contributed by atoms with Crippen molar-refractivity contribution in [3.63, 3.8) is 0 Å². The Kier molecular flexibility index (Phi) is 4.38. The van der Waals surface area contributed by atoms with E-state index < -0.39 is 0 Å². The molecular formula is C17H17FN4O. The molecule has 1 fully saturated rings. The van der Waals surface area contributed by atoms with Gasteiger partial charge >= 0.3 is 0 Å². The van der Waals surface area contributed by atoms with Crippen molar-refractivity contribution < 1.29 is 9.13 Å². The quantitative estimate of drug-likeness (QED) is 0.872. The number of piperidine rings is 1. The molecule has 23 heavy (non-hydrogen) atoms. The zero-order chi connectivity index (χ0) is 16.2. The fourth-order valence-electron chi connectivity index (χ4n) is 2.71.